The van der Waals surface area contributed by atoms with Crippen LogP contribution in [0.25, 0.3) is 44.2 Å². The van der Waals surface area contributed by atoms with Crippen LogP contribution in [0, 0.1) is 0 Å². The molecule has 1 aliphatic carbocycles. The zero-order valence-electron chi connectivity index (χ0n) is 19.8. The van der Waals surface area contributed by atoms with E-state index in [9.17, 15) is 0 Å². The van der Waals surface area contributed by atoms with Gasteiger partial charge in [0.2, 0.25) is 0 Å². The minimum Gasteiger partial charge on any atom is -0.455 e. The molecule has 1 heterocycles. The maximum Gasteiger partial charge on any atom is 0.143 e. The van der Waals surface area contributed by atoms with Gasteiger partial charge in [-0.05, 0) is 46.5 Å². The van der Waals surface area contributed by atoms with Crippen LogP contribution in [0.2, 0.25) is 0 Å². The SMILES string of the molecule is CC1(C)c2ccccc2-c2c(Nc3cccc(-c4cccc5c4oc4ccccc45)c3)cccc21. The quantitative estimate of drug-likeness (QED) is 0.290. The van der Waals surface area contributed by atoms with Crippen LogP contribution >= 0.6 is 0 Å². The fourth-order valence-corrected chi connectivity index (χ4v) is 5.75. The minimum atomic E-state index is -0.0115. The molecule has 0 fully saturated rings. The molecule has 35 heavy (non-hydrogen) atoms. The molecule has 0 aliphatic heterocycles. The summed E-state index contributed by atoms with van der Waals surface area (Å²) in [5, 5.41) is 6.04. The molecule has 1 aromatic heterocycles. The summed E-state index contributed by atoms with van der Waals surface area (Å²) in [5.74, 6) is 0. The third-order valence-corrected chi connectivity index (χ3v) is 7.46. The van der Waals surface area contributed by atoms with Crippen molar-refractivity contribution < 1.29 is 4.42 Å². The van der Waals surface area contributed by atoms with Crippen LogP contribution in [0.15, 0.2) is 114 Å². The number of para-hydroxylation sites is 2. The topological polar surface area (TPSA) is 25.2 Å². The molecule has 1 N–H and O–H groups in total. The Labute approximate surface area is 204 Å². The number of anilines is 2. The highest BCUT2D eigenvalue weighted by Crippen LogP contribution is 2.51. The van der Waals surface area contributed by atoms with Gasteiger partial charge in [-0.1, -0.05) is 98.8 Å². The van der Waals surface area contributed by atoms with Gasteiger partial charge in [0, 0.05) is 38.7 Å². The first-order valence-electron chi connectivity index (χ1n) is 12.1. The van der Waals surface area contributed by atoms with Gasteiger partial charge in [0.05, 0.1) is 0 Å². The number of furan rings is 1. The Bertz CT molecular complexity index is 1750. The summed E-state index contributed by atoms with van der Waals surface area (Å²) < 4.78 is 6.30. The molecule has 1 aliphatic rings. The van der Waals surface area contributed by atoms with Crippen molar-refractivity contribution in [3.05, 3.63) is 120 Å². The molecule has 5 aromatic carbocycles. The predicted molar refractivity (Wildman–Crippen MR) is 146 cm³/mol. The lowest BCUT2D eigenvalue weighted by Crippen LogP contribution is -2.14. The van der Waals surface area contributed by atoms with Gasteiger partial charge in [0.15, 0.2) is 0 Å². The van der Waals surface area contributed by atoms with Gasteiger partial charge in [-0.15, -0.1) is 0 Å². The van der Waals surface area contributed by atoms with E-state index in [0.717, 1.165) is 44.4 Å². The number of benzene rings is 5. The van der Waals surface area contributed by atoms with E-state index in [4.69, 9.17) is 4.42 Å². The van der Waals surface area contributed by atoms with Crippen molar-refractivity contribution in [1.29, 1.82) is 0 Å². The molecule has 6 aromatic rings. The lowest BCUT2D eigenvalue weighted by Gasteiger charge is -2.21. The second-order valence-corrected chi connectivity index (χ2v) is 9.89. The zero-order chi connectivity index (χ0) is 23.6. The zero-order valence-corrected chi connectivity index (χ0v) is 19.8. The average Bonchev–Trinajstić information content (AvgIpc) is 3.38. The highest BCUT2D eigenvalue weighted by atomic mass is 16.3. The van der Waals surface area contributed by atoms with Gasteiger partial charge in [0.1, 0.15) is 11.2 Å². The van der Waals surface area contributed by atoms with Crippen LogP contribution in [0.4, 0.5) is 11.4 Å². The molecule has 0 bridgehead atoms. The molecule has 0 atom stereocenters. The van der Waals surface area contributed by atoms with Crippen LogP contribution in [0.3, 0.4) is 0 Å². The smallest absolute Gasteiger partial charge is 0.143 e. The molecule has 7 rings (SSSR count). The Balaban J connectivity index is 1.33. The largest absolute Gasteiger partial charge is 0.455 e. The molecule has 2 heteroatoms. The summed E-state index contributed by atoms with van der Waals surface area (Å²) in [5.41, 5.74) is 11.7. The lowest BCUT2D eigenvalue weighted by molar-refractivity contribution is 0.660. The van der Waals surface area contributed by atoms with E-state index in [-0.39, 0.29) is 5.41 Å². The van der Waals surface area contributed by atoms with Gasteiger partial charge in [-0.25, -0.2) is 0 Å². The average molecular weight is 452 g/mol. The van der Waals surface area contributed by atoms with Gasteiger partial charge in [-0.3, -0.25) is 0 Å². The first kappa shape index (κ1) is 20.1. The van der Waals surface area contributed by atoms with E-state index >= 15 is 0 Å². The first-order chi connectivity index (χ1) is 17.1. The van der Waals surface area contributed by atoms with Crippen molar-refractivity contribution in [2.24, 2.45) is 0 Å². The minimum absolute atomic E-state index is 0.0115. The molecule has 2 nitrogen and oxygen atoms in total. The number of hydrogen-bond donors (Lipinski definition) is 1. The highest BCUT2D eigenvalue weighted by Gasteiger charge is 2.36. The molecule has 0 amide bonds. The summed E-state index contributed by atoms with van der Waals surface area (Å²) in [4.78, 5) is 0. The monoisotopic (exact) mass is 451 g/mol. The van der Waals surface area contributed by atoms with Gasteiger partial charge in [0.25, 0.3) is 0 Å². The number of fused-ring (bicyclic) bond motifs is 6. The maximum atomic E-state index is 6.30. The van der Waals surface area contributed by atoms with Crippen LogP contribution in [-0.2, 0) is 5.41 Å². The van der Waals surface area contributed by atoms with E-state index in [2.05, 4.69) is 116 Å². The molecule has 0 saturated carbocycles. The normalized spacial score (nSPS) is 13.7. The van der Waals surface area contributed by atoms with Crippen LogP contribution in [-0.4, -0.2) is 0 Å². The van der Waals surface area contributed by atoms with Crippen molar-refractivity contribution in [3.8, 4) is 22.3 Å². The predicted octanol–water partition coefficient (Wildman–Crippen LogP) is 9.30. The van der Waals surface area contributed by atoms with Crippen LogP contribution < -0.4 is 5.32 Å². The lowest BCUT2D eigenvalue weighted by atomic mass is 9.82. The molecule has 0 radical (unpaired) electrons. The van der Waals surface area contributed by atoms with Crippen molar-refractivity contribution in [1.82, 2.24) is 0 Å². The summed E-state index contributed by atoms with van der Waals surface area (Å²) in [6, 6.07) is 38.6. The molecule has 0 saturated heterocycles. The summed E-state index contributed by atoms with van der Waals surface area (Å²) in [6.07, 6.45) is 0. The Hall–Kier alpha value is -4.30. The van der Waals surface area contributed by atoms with Crippen molar-refractivity contribution in [3.63, 3.8) is 0 Å². The molecule has 168 valence electrons. The van der Waals surface area contributed by atoms with Crippen LogP contribution in [0.5, 0.6) is 0 Å². The third kappa shape index (κ3) is 2.96. The standard InChI is InChI=1S/C33H25NO/c1-33(2)27-16-5-3-13-26(27)31-28(33)17-9-18-29(31)34-22-11-7-10-21(20-22)23-14-8-15-25-24-12-4-6-19-30(24)35-32(23)25/h3-20,34H,1-2H3. The Kier molecular flexibility index (Phi) is 4.22. The van der Waals surface area contributed by atoms with Gasteiger partial charge in [-0.2, -0.15) is 0 Å². The second kappa shape index (κ2) is 7.35. The maximum absolute atomic E-state index is 6.30. The number of rotatable bonds is 3. The Morgan fingerprint density at radius 2 is 1.34 bits per heavy atom. The highest BCUT2D eigenvalue weighted by molar-refractivity contribution is 6.09. The van der Waals surface area contributed by atoms with Crippen molar-refractivity contribution in [2.45, 2.75) is 19.3 Å². The molecular formula is C33H25NO. The van der Waals surface area contributed by atoms with Crippen LogP contribution in [0.1, 0.15) is 25.0 Å². The van der Waals surface area contributed by atoms with E-state index in [1.54, 1.807) is 0 Å². The van der Waals surface area contributed by atoms with Gasteiger partial charge < -0.3 is 9.73 Å². The van der Waals surface area contributed by atoms with Crippen molar-refractivity contribution in [2.75, 3.05) is 5.32 Å². The molecule has 0 unspecified atom stereocenters. The molecule has 0 spiro atoms. The van der Waals surface area contributed by atoms with Gasteiger partial charge >= 0.3 is 0 Å². The second-order valence-electron chi connectivity index (χ2n) is 9.89. The number of nitrogens with one attached hydrogen (secondary N) is 1. The van der Waals surface area contributed by atoms with E-state index in [1.807, 2.05) is 12.1 Å². The molecular weight excluding hydrogens is 426 g/mol. The summed E-state index contributed by atoms with van der Waals surface area (Å²) in [7, 11) is 0. The first-order valence-corrected chi connectivity index (χ1v) is 12.1. The van der Waals surface area contributed by atoms with E-state index in [0.29, 0.717) is 0 Å². The van der Waals surface area contributed by atoms with E-state index in [1.165, 1.54) is 22.3 Å². The van der Waals surface area contributed by atoms with Crippen molar-refractivity contribution >= 4 is 33.3 Å². The third-order valence-electron chi connectivity index (χ3n) is 7.46. The summed E-state index contributed by atoms with van der Waals surface area (Å²) in [6.45, 7) is 4.63. The fraction of sp³-hybridized carbons (Fsp3) is 0.0909. The van der Waals surface area contributed by atoms with E-state index < -0.39 is 0 Å². The Morgan fingerprint density at radius 1 is 0.629 bits per heavy atom. The number of hydrogen-bond acceptors (Lipinski definition) is 2. The Morgan fingerprint density at radius 3 is 2.29 bits per heavy atom. The fourth-order valence-electron chi connectivity index (χ4n) is 5.75. The summed E-state index contributed by atoms with van der Waals surface area (Å²) >= 11 is 0.